The van der Waals surface area contributed by atoms with Gasteiger partial charge in [0.25, 0.3) is 5.56 Å². The number of aromatic nitrogens is 4. The van der Waals surface area contributed by atoms with E-state index in [2.05, 4.69) is 21.8 Å². The van der Waals surface area contributed by atoms with Crippen molar-refractivity contribution in [1.29, 1.82) is 0 Å². The number of fused-ring (bicyclic) bond motifs is 1. The van der Waals surface area contributed by atoms with Crippen molar-refractivity contribution in [3.63, 3.8) is 0 Å². The number of aryl methyl sites for hydroxylation is 1. The van der Waals surface area contributed by atoms with Gasteiger partial charge in [-0.25, -0.2) is 4.79 Å². The highest BCUT2D eigenvalue weighted by Crippen LogP contribution is 2.24. The summed E-state index contributed by atoms with van der Waals surface area (Å²) in [7, 11) is 1.63. The summed E-state index contributed by atoms with van der Waals surface area (Å²) in [4.78, 5) is 33.5. The highest BCUT2D eigenvalue weighted by molar-refractivity contribution is 5.74. The summed E-state index contributed by atoms with van der Waals surface area (Å²) in [6.07, 6.45) is 2.31. The third-order valence-corrected chi connectivity index (χ3v) is 4.59. The van der Waals surface area contributed by atoms with Gasteiger partial charge in [-0.1, -0.05) is 6.92 Å². The number of anilines is 1. The fourth-order valence-electron chi connectivity index (χ4n) is 3.35. The molecule has 24 heavy (non-hydrogen) atoms. The molecular weight excluding hydrogens is 310 g/mol. The monoisotopic (exact) mass is 335 g/mol. The number of imidazole rings is 1. The maximum atomic E-state index is 12.4. The molecule has 1 saturated heterocycles. The molecule has 1 atom stereocenters. The van der Waals surface area contributed by atoms with E-state index in [1.54, 1.807) is 7.05 Å². The summed E-state index contributed by atoms with van der Waals surface area (Å²) in [6, 6.07) is 0. The van der Waals surface area contributed by atoms with Gasteiger partial charge in [0.2, 0.25) is 5.95 Å². The molecule has 1 aliphatic rings. The first-order valence-electron chi connectivity index (χ1n) is 8.55. The lowest BCUT2D eigenvalue weighted by atomic mass is 10.0. The molecule has 0 spiro atoms. The van der Waals surface area contributed by atoms with Crippen LogP contribution in [0.3, 0.4) is 0 Å². The van der Waals surface area contributed by atoms with E-state index >= 15 is 0 Å². The van der Waals surface area contributed by atoms with Crippen LogP contribution in [0.1, 0.15) is 26.7 Å². The van der Waals surface area contributed by atoms with Crippen LogP contribution in [0.4, 0.5) is 5.95 Å². The molecule has 3 heterocycles. The maximum Gasteiger partial charge on any atom is 0.329 e. The minimum Gasteiger partial charge on any atom is -0.380 e. The Balaban J connectivity index is 2.13. The van der Waals surface area contributed by atoms with Gasteiger partial charge in [0.15, 0.2) is 11.2 Å². The zero-order valence-corrected chi connectivity index (χ0v) is 14.5. The summed E-state index contributed by atoms with van der Waals surface area (Å²) in [5.41, 5.74) is 0.0208. The number of nitrogens with zero attached hydrogens (tertiary/aromatic N) is 4. The van der Waals surface area contributed by atoms with E-state index in [1.807, 2.05) is 11.5 Å². The summed E-state index contributed by atoms with van der Waals surface area (Å²) >= 11 is 0. The molecule has 1 fully saturated rings. The Bertz CT molecular complexity index is 835. The Kier molecular flexibility index (Phi) is 4.75. The van der Waals surface area contributed by atoms with E-state index in [0.29, 0.717) is 36.8 Å². The van der Waals surface area contributed by atoms with E-state index in [-0.39, 0.29) is 0 Å². The van der Waals surface area contributed by atoms with Crippen LogP contribution in [0.2, 0.25) is 0 Å². The lowest BCUT2D eigenvalue weighted by Crippen LogP contribution is -2.36. The fourth-order valence-corrected chi connectivity index (χ4v) is 3.35. The van der Waals surface area contributed by atoms with Crippen molar-refractivity contribution in [2.75, 3.05) is 31.2 Å². The SMILES string of the molecule is CCOCCn1c(N2CCCC(C)C2)nc2c1c(=O)[nH]c(=O)n2C. The predicted octanol–water partition coefficient (Wildman–Crippen LogP) is 0.696. The number of nitrogens with one attached hydrogen (secondary N) is 1. The largest absolute Gasteiger partial charge is 0.380 e. The molecule has 0 saturated carbocycles. The topological polar surface area (TPSA) is 85.2 Å². The Labute approximate surface area is 140 Å². The second-order valence-electron chi connectivity index (χ2n) is 6.44. The quantitative estimate of drug-likeness (QED) is 0.813. The molecule has 1 N–H and O–H groups in total. The van der Waals surface area contributed by atoms with Gasteiger partial charge in [-0.3, -0.25) is 14.3 Å². The number of piperidine rings is 1. The molecule has 1 aliphatic heterocycles. The van der Waals surface area contributed by atoms with Crippen molar-refractivity contribution < 1.29 is 4.74 Å². The van der Waals surface area contributed by atoms with Gasteiger partial charge in [-0.2, -0.15) is 4.98 Å². The summed E-state index contributed by atoms with van der Waals surface area (Å²) in [6.45, 7) is 7.64. The molecule has 3 rings (SSSR count). The van der Waals surface area contributed by atoms with Gasteiger partial charge < -0.3 is 14.2 Å². The van der Waals surface area contributed by atoms with Gasteiger partial charge in [-0.05, 0) is 25.7 Å². The molecule has 2 aromatic rings. The summed E-state index contributed by atoms with van der Waals surface area (Å²) in [5, 5.41) is 0. The lowest BCUT2D eigenvalue weighted by molar-refractivity contribution is 0.140. The normalized spacial score (nSPS) is 18.5. The zero-order chi connectivity index (χ0) is 17.3. The first-order valence-corrected chi connectivity index (χ1v) is 8.55. The molecule has 0 radical (unpaired) electrons. The lowest BCUT2D eigenvalue weighted by Gasteiger charge is -2.32. The molecule has 132 valence electrons. The Morgan fingerprint density at radius 1 is 1.38 bits per heavy atom. The standard InChI is InChI=1S/C16H25N5O3/c1-4-24-9-8-21-12-13(19(3)16(23)18-14(12)22)17-15(21)20-7-5-6-11(2)10-20/h11H,4-10H2,1-3H3,(H,18,22,23). The number of rotatable bonds is 5. The minimum atomic E-state index is -0.444. The second-order valence-corrected chi connectivity index (χ2v) is 6.44. The first kappa shape index (κ1) is 16.8. The number of hydrogen-bond acceptors (Lipinski definition) is 5. The van der Waals surface area contributed by atoms with Crippen molar-refractivity contribution in [2.24, 2.45) is 13.0 Å². The average molecular weight is 335 g/mol. The van der Waals surface area contributed by atoms with Crippen LogP contribution >= 0.6 is 0 Å². The van der Waals surface area contributed by atoms with Crippen LogP contribution in [-0.2, 0) is 18.3 Å². The average Bonchev–Trinajstić information content (AvgIpc) is 2.93. The smallest absolute Gasteiger partial charge is 0.329 e. The summed E-state index contributed by atoms with van der Waals surface area (Å²) < 4.78 is 8.75. The van der Waals surface area contributed by atoms with E-state index in [9.17, 15) is 9.59 Å². The van der Waals surface area contributed by atoms with E-state index < -0.39 is 11.2 Å². The molecule has 1 unspecified atom stereocenters. The van der Waals surface area contributed by atoms with E-state index in [0.717, 1.165) is 25.5 Å². The molecule has 0 aromatic carbocycles. The number of ether oxygens (including phenoxy) is 1. The minimum absolute atomic E-state index is 0.395. The third kappa shape index (κ3) is 2.98. The van der Waals surface area contributed by atoms with Gasteiger partial charge in [0, 0.05) is 33.3 Å². The van der Waals surface area contributed by atoms with Crippen molar-refractivity contribution in [3.05, 3.63) is 20.8 Å². The van der Waals surface area contributed by atoms with Crippen LogP contribution < -0.4 is 16.1 Å². The molecule has 8 nitrogen and oxygen atoms in total. The van der Waals surface area contributed by atoms with Crippen LogP contribution in [-0.4, -0.2) is 45.4 Å². The van der Waals surface area contributed by atoms with Crippen molar-refractivity contribution >= 4 is 17.1 Å². The van der Waals surface area contributed by atoms with E-state index in [1.165, 1.54) is 11.0 Å². The Morgan fingerprint density at radius 2 is 2.17 bits per heavy atom. The van der Waals surface area contributed by atoms with Gasteiger partial charge in [-0.15, -0.1) is 0 Å². The molecular formula is C16H25N5O3. The van der Waals surface area contributed by atoms with Crippen molar-refractivity contribution in [2.45, 2.75) is 33.2 Å². The van der Waals surface area contributed by atoms with Crippen molar-refractivity contribution in [3.8, 4) is 0 Å². The molecule has 0 amide bonds. The molecule has 8 heteroatoms. The molecule has 0 bridgehead atoms. The van der Waals surface area contributed by atoms with E-state index in [4.69, 9.17) is 4.74 Å². The summed E-state index contributed by atoms with van der Waals surface area (Å²) in [5.74, 6) is 1.34. The zero-order valence-electron chi connectivity index (χ0n) is 14.5. The number of aromatic amines is 1. The third-order valence-electron chi connectivity index (χ3n) is 4.59. The Hall–Kier alpha value is -2.09. The molecule has 2 aromatic heterocycles. The van der Waals surface area contributed by atoms with Crippen molar-refractivity contribution in [1.82, 2.24) is 19.1 Å². The number of H-pyrrole nitrogens is 1. The Morgan fingerprint density at radius 3 is 2.88 bits per heavy atom. The molecule has 0 aliphatic carbocycles. The predicted molar refractivity (Wildman–Crippen MR) is 92.7 cm³/mol. The van der Waals surface area contributed by atoms with Crippen LogP contribution in [0.15, 0.2) is 9.59 Å². The highest BCUT2D eigenvalue weighted by atomic mass is 16.5. The van der Waals surface area contributed by atoms with Crippen LogP contribution in [0, 0.1) is 5.92 Å². The fraction of sp³-hybridized carbons (Fsp3) is 0.688. The van der Waals surface area contributed by atoms with Gasteiger partial charge >= 0.3 is 5.69 Å². The van der Waals surface area contributed by atoms with Crippen LogP contribution in [0.25, 0.3) is 11.2 Å². The second kappa shape index (κ2) is 6.80. The maximum absolute atomic E-state index is 12.4. The number of hydrogen-bond donors (Lipinski definition) is 1. The van der Waals surface area contributed by atoms with Gasteiger partial charge in [0.1, 0.15) is 0 Å². The van der Waals surface area contributed by atoms with Crippen LogP contribution in [0.5, 0.6) is 0 Å². The van der Waals surface area contributed by atoms with Gasteiger partial charge in [0.05, 0.1) is 6.61 Å². The highest BCUT2D eigenvalue weighted by Gasteiger charge is 2.24. The first-order chi connectivity index (χ1) is 11.5.